The Morgan fingerprint density at radius 2 is 2.13 bits per heavy atom. The predicted octanol–water partition coefficient (Wildman–Crippen LogP) is 5.15. The van der Waals surface area contributed by atoms with Crippen LogP contribution in [0.3, 0.4) is 0 Å². The van der Waals surface area contributed by atoms with Gasteiger partial charge in [-0.05, 0) is 42.9 Å². The number of allylic oxidation sites excluding steroid dienone is 7. The van der Waals surface area contributed by atoms with Crippen LogP contribution in [0.4, 0.5) is 5.82 Å². The Bertz CT molecular complexity index is 610. The maximum atomic E-state index is 4.94. The summed E-state index contributed by atoms with van der Waals surface area (Å²) in [5, 5.41) is 0. The lowest BCUT2D eigenvalue weighted by Gasteiger charge is -2.24. The van der Waals surface area contributed by atoms with E-state index in [4.69, 9.17) is 4.74 Å². The quantitative estimate of drug-likeness (QED) is 0.466. The molecule has 0 saturated carbocycles. The minimum absolute atomic E-state index is 0.776. The lowest BCUT2D eigenvalue weighted by molar-refractivity contribution is 0.338. The maximum absolute atomic E-state index is 4.94. The van der Waals surface area contributed by atoms with E-state index in [1.165, 1.54) is 0 Å². The van der Waals surface area contributed by atoms with Gasteiger partial charge >= 0.3 is 0 Å². The molecule has 0 aliphatic heterocycles. The fourth-order valence-corrected chi connectivity index (χ4v) is 1.84. The van der Waals surface area contributed by atoms with Crippen molar-refractivity contribution < 1.29 is 4.74 Å². The van der Waals surface area contributed by atoms with Crippen LogP contribution in [0.15, 0.2) is 97.7 Å². The number of anilines is 1. The monoisotopic (exact) mass is 308 g/mol. The third-order valence-electron chi connectivity index (χ3n) is 2.89. The standard InChI is InChI=1S/C20H24N2O/c1-5-7-8-9-13-18(3)22(20-15-10-11-16-21-20)19(6-2)14-12-17-23-4/h6-17H,2-3,5H2,1,4H3/b8-7-,13-9-,17-12+,19-14+. The molecule has 0 aromatic carbocycles. The van der Waals surface area contributed by atoms with Crippen molar-refractivity contribution in [1.82, 2.24) is 4.98 Å². The van der Waals surface area contributed by atoms with Crippen LogP contribution in [0.2, 0.25) is 0 Å². The van der Waals surface area contributed by atoms with Crippen molar-refractivity contribution in [3.05, 3.63) is 97.7 Å². The molecule has 0 aliphatic rings. The fourth-order valence-electron chi connectivity index (χ4n) is 1.84. The van der Waals surface area contributed by atoms with Crippen molar-refractivity contribution in [2.75, 3.05) is 12.0 Å². The first-order valence-corrected chi connectivity index (χ1v) is 7.50. The van der Waals surface area contributed by atoms with Crippen molar-refractivity contribution in [2.24, 2.45) is 0 Å². The van der Waals surface area contributed by atoms with E-state index in [-0.39, 0.29) is 0 Å². The van der Waals surface area contributed by atoms with Crippen LogP contribution in [0.5, 0.6) is 0 Å². The Balaban J connectivity index is 3.16. The van der Waals surface area contributed by atoms with Gasteiger partial charge in [0.05, 0.1) is 13.4 Å². The van der Waals surface area contributed by atoms with E-state index in [0.717, 1.165) is 23.6 Å². The number of hydrogen-bond acceptors (Lipinski definition) is 3. The van der Waals surface area contributed by atoms with Gasteiger partial charge in [0.1, 0.15) is 5.82 Å². The van der Waals surface area contributed by atoms with Crippen molar-refractivity contribution in [3.63, 3.8) is 0 Å². The van der Waals surface area contributed by atoms with Crippen LogP contribution >= 0.6 is 0 Å². The molecule has 23 heavy (non-hydrogen) atoms. The van der Waals surface area contributed by atoms with Gasteiger partial charge in [0.25, 0.3) is 0 Å². The van der Waals surface area contributed by atoms with Crippen LogP contribution in [-0.4, -0.2) is 12.1 Å². The second-order valence-electron chi connectivity index (χ2n) is 4.57. The zero-order valence-electron chi connectivity index (χ0n) is 13.9. The number of methoxy groups -OCH3 is 1. The lowest BCUT2D eigenvalue weighted by atomic mass is 10.2. The highest BCUT2D eigenvalue weighted by Crippen LogP contribution is 2.22. The number of hydrogen-bond donors (Lipinski definition) is 0. The molecule has 1 aromatic heterocycles. The van der Waals surface area contributed by atoms with E-state index >= 15 is 0 Å². The van der Waals surface area contributed by atoms with Gasteiger partial charge in [-0.2, -0.15) is 0 Å². The summed E-state index contributed by atoms with van der Waals surface area (Å²) < 4.78 is 4.94. The van der Waals surface area contributed by atoms with Crippen LogP contribution in [0.1, 0.15) is 13.3 Å². The molecule has 3 heteroatoms. The largest absolute Gasteiger partial charge is 0.504 e. The molecule has 0 radical (unpaired) electrons. The van der Waals surface area contributed by atoms with Crippen molar-refractivity contribution in [3.8, 4) is 0 Å². The lowest BCUT2D eigenvalue weighted by Crippen LogP contribution is -2.20. The summed E-state index contributed by atoms with van der Waals surface area (Å²) in [6.07, 6.45) is 17.8. The summed E-state index contributed by atoms with van der Waals surface area (Å²) in [6, 6.07) is 5.75. The normalized spacial score (nSPS) is 12.2. The first-order valence-electron chi connectivity index (χ1n) is 7.50. The van der Waals surface area contributed by atoms with Gasteiger partial charge < -0.3 is 4.74 Å². The molecule has 0 atom stereocenters. The first kappa shape index (κ1) is 18.2. The number of nitrogens with zero attached hydrogens (tertiary/aromatic N) is 2. The van der Waals surface area contributed by atoms with Gasteiger partial charge in [0.15, 0.2) is 0 Å². The summed E-state index contributed by atoms with van der Waals surface area (Å²) in [4.78, 5) is 6.34. The zero-order chi connectivity index (χ0) is 16.9. The van der Waals surface area contributed by atoms with Crippen molar-refractivity contribution >= 4 is 5.82 Å². The summed E-state index contributed by atoms with van der Waals surface area (Å²) in [5.74, 6) is 0.776. The molecule has 0 aliphatic carbocycles. The second-order valence-corrected chi connectivity index (χ2v) is 4.57. The molecule has 0 bridgehead atoms. The van der Waals surface area contributed by atoms with Crippen molar-refractivity contribution in [1.29, 1.82) is 0 Å². The average Bonchev–Trinajstić information content (AvgIpc) is 2.58. The van der Waals surface area contributed by atoms with Gasteiger partial charge in [-0.1, -0.05) is 44.4 Å². The Morgan fingerprint density at radius 3 is 2.74 bits per heavy atom. The molecule has 0 spiro atoms. The Kier molecular flexibility index (Phi) is 8.61. The van der Waals surface area contributed by atoms with E-state index in [9.17, 15) is 0 Å². The van der Waals surface area contributed by atoms with E-state index in [1.54, 1.807) is 31.7 Å². The number of rotatable bonds is 9. The summed E-state index contributed by atoms with van der Waals surface area (Å²) in [7, 11) is 1.61. The van der Waals surface area contributed by atoms with E-state index in [2.05, 4.69) is 31.1 Å². The molecule has 1 heterocycles. The van der Waals surface area contributed by atoms with E-state index in [1.807, 2.05) is 47.4 Å². The molecule has 1 aromatic rings. The molecule has 0 fully saturated rings. The van der Waals surface area contributed by atoms with Gasteiger partial charge in [-0.15, -0.1) is 0 Å². The Hall–Kier alpha value is -2.81. The van der Waals surface area contributed by atoms with Crippen LogP contribution in [0, 0.1) is 0 Å². The van der Waals surface area contributed by atoms with Gasteiger partial charge in [-0.3, -0.25) is 4.90 Å². The van der Waals surface area contributed by atoms with Crippen LogP contribution in [0.25, 0.3) is 0 Å². The SMILES string of the molecule is C=C/C(=C\C=C\OC)N(C(=C)/C=C\C=C/CC)c1ccccn1. The number of aromatic nitrogens is 1. The molecule has 0 N–H and O–H groups in total. The number of ether oxygens (including phenoxy) is 1. The Morgan fingerprint density at radius 1 is 1.30 bits per heavy atom. The molecule has 0 unspecified atom stereocenters. The average molecular weight is 308 g/mol. The topological polar surface area (TPSA) is 25.4 Å². The smallest absolute Gasteiger partial charge is 0.137 e. The molecule has 3 nitrogen and oxygen atoms in total. The summed E-state index contributed by atoms with van der Waals surface area (Å²) in [5.41, 5.74) is 1.65. The summed E-state index contributed by atoms with van der Waals surface area (Å²) in [6.45, 7) is 10.1. The highest BCUT2D eigenvalue weighted by molar-refractivity contribution is 5.58. The highest BCUT2D eigenvalue weighted by Gasteiger charge is 2.12. The first-order chi connectivity index (χ1) is 11.2. The van der Waals surface area contributed by atoms with E-state index < -0.39 is 0 Å². The molecule has 0 saturated heterocycles. The van der Waals surface area contributed by atoms with Crippen LogP contribution in [-0.2, 0) is 4.74 Å². The minimum atomic E-state index is 0.776. The Labute approximate surface area is 139 Å². The fraction of sp³-hybridized carbons (Fsp3) is 0.150. The molecule has 1 rings (SSSR count). The molecule has 0 amide bonds. The third kappa shape index (κ3) is 6.22. The highest BCUT2D eigenvalue weighted by atomic mass is 16.5. The minimum Gasteiger partial charge on any atom is -0.504 e. The van der Waals surface area contributed by atoms with Gasteiger partial charge in [0.2, 0.25) is 0 Å². The van der Waals surface area contributed by atoms with Gasteiger partial charge in [0, 0.05) is 17.6 Å². The van der Waals surface area contributed by atoms with E-state index in [0.29, 0.717) is 0 Å². The van der Waals surface area contributed by atoms with Gasteiger partial charge in [-0.25, -0.2) is 4.98 Å². The number of pyridine rings is 1. The second kappa shape index (κ2) is 10.9. The third-order valence-corrected chi connectivity index (χ3v) is 2.89. The predicted molar refractivity (Wildman–Crippen MR) is 98.9 cm³/mol. The zero-order valence-corrected chi connectivity index (χ0v) is 13.9. The molecule has 120 valence electrons. The summed E-state index contributed by atoms with van der Waals surface area (Å²) >= 11 is 0. The van der Waals surface area contributed by atoms with Crippen molar-refractivity contribution in [2.45, 2.75) is 13.3 Å². The molecular formula is C20H24N2O. The van der Waals surface area contributed by atoms with Crippen LogP contribution < -0.4 is 4.90 Å². The molecular weight excluding hydrogens is 284 g/mol. The maximum Gasteiger partial charge on any atom is 0.137 e.